The van der Waals surface area contributed by atoms with Crippen LogP contribution in [0.1, 0.15) is 25.8 Å². The van der Waals surface area contributed by atoms with Crippen LogP contribution in [0.5, 0.6) is 5.75 Å². The van der Waals surface area contributed by atoms with E-state index >= 15 is 0 Å². The van der Waals surface area contributed by atoms with Crippen LogP contribution in [0.25, 0.3) is 0 Å². The van der Waals surface area contributed by atoms with Gasteiger partial charge in [-0.25, -0.2) is 0 Å². The van der Waals surface area contributed by atoms with Gasteiger partial charge in [0.15, 0.2) is 0 Å². The van der Waals surface area contributed by atoms with E-state index in [1.165, 1.54) is 12.2 Å². The highest BCUT2D eigenvalue weighted by Gasteiger charge is 1.99. The van der Waals surface area contributed by atoms with Crippen LogP contribution in [0.15, 0.2) is 24.3 Å². The van der Waals surface area contributed by atoms with Crippen molar-refractivity contribution in [1.82, 2.24) is 0 Å². The highest BCUT2D eigenvalue weighted by Crippen LogP contribution is 2.14. The topological polar surface area (TPSA) is 35.2 Å². The van der Waals surface area contributed by atoms with Crippen LogP contribution >= 0.6 is 11.8 Å². The summed E-state index contributed by atoms with van der Waals surface area (Å²) in [7, 11) is 0. The molecule has 3 heteroatoms. The minimum atomic E-state index is 0.569. The van der Waals surface area contributed by atoms with Gasteiger partial charge < -0.3 is 10.5 Å². The number of benzene rings is 1. The second kappa shape index (κ2) is 8.43. The summed E-state index contributed by atoms with van der Waals surface area (Å²) >= 11 is 1.97. The number of nitrogens with two attached hydrogens (primary N) is 1. The summed E-state index contributed by atoms with van der Waals surface area (Å²) in [4.78, 5) is 0. The SMILES string of the molecule is CCC(C)CSCCOc1cccc(CN)c1. The number of hydrogen-bond donors (Lipinski definition) is 1. The lowest BCUT2D eigenvalue weighted by Gasteiger charge is -2.09. The summed E-state index contributed by atoms with van der Waals surface area (Å²) in [5.74, 6) is 4.01. The molecule has 0 heterocycles. The van der Waals surface area contributed by atoms with Crippen molar-refractivity contribution >= 4 is 11.8 Å². The maximum Gasteiger partial charge on any atom is 0.119 e. The first-order valence-electron chi connectivity index (χ1n) is 6.25. The number of rotatable bonds is 8. The Morgan fingerprint density at radius 1 is 1.41 bits per heavy atom. The highest BCUT2D eigenvalue weighted by molar-refractivity contribution is 7.99. The van der Waals surface area contributed by atoms with Crippen LogP contribution in [0.4, 0.5) is 0 Å². The van der Waals surface area contributed by atoms with Crippen LogP contribution in [0.2, 0.25) is 0 Å². The zero-order valence-electron chi connectivity index (χ0n) is 10.8. The van der Waals surface area contributed by atoms with Gasteiger partial charge in [0.25, 0.3) is 0 Å². The largest absolute Gasteiger partial charge is 0.493 e. The third-order valence-corrected chi connectivity index (χ3v) is 3.99. The Morgan fingerprint density at radius 3 is 2.94 bits per heavy atom. The lowest BCUT2D eigenvalue weighted by Crippen LogP contribution is -2.04. The van der Waals surface area contributed by atoms with E-state index < -0.39 is 0 Å². The van der Waals surface area contributed by atoms with Gasteiger partial charge in [-0.3, -0.25) is 0 Å². The molecule has 0 aliphatic rings. The first kappa shape index (κ1) is 14.4. The van der Waals surface area contributed by atoms with Crippen molar-refractivity contribution in [2.45, 2.75) is 26.8 Å². The Hall–Kier alpha value is -0.670. The molecule has 0 aliphatic carbocycles. The zero-order chi connectivity index (χ0) is 12.5. The summed E-state index contributed by atoms with van der Waals surface area (Å²) in [6.07, 6.45) is 1.26. The predicted molar refractivity (Wildman–Crippen MR) is 76.6 cm³/mol. The molecule has 0 aromatic heterocycles. The number of thioether (sulfide) groups is 1. The normalized spacial score (nSPS) is 12.4. The van der Waals surface area contributed by atoms with E-state index in [1.807, 2.05) is 36.0 Å². The van der Waals surface area contributed by atoms with Gasteiger partial charge in [-0.15, -0.1) is 0 Å². The van der Waals surface area contributed by atoms with Crippen LogP contribution in [0.3, 0.4) is 0 Å². The smallest absolute Gasteiger partial charge is 0.119 e. The van der Waals surface area contributed by atoms with Gasteiger partial charge in [-0.05, 0) is 29.4 Å². The van der Waals surface area contributed by atoms with Crippen molar-refractivity contribution in [2.75, 3.05) is 18.1 Å². The van der Waals surface area contributed by atoms with E-state index in [4.69, 9.17) is 10.5 Å². The lowest BCUT2D eigenvalue weighted by atomic mass is 10.2. The Labute approximate surface area is 109 Å². The summed E-state index contributed by atoms with van der Waals surface area (Å²) in [6.45, 7) is 5.87. The van der Waals surface area contributed by atoms with E-state index in [0.717, 1.165) is 29.6 Å². The second-order valence-electron chi connectivity index (χ2n) is 4.29. The Bertz CT molecular complexity index is 317. The third kappa shape index (κ3) is 5.99. The van der Waals surface area contributed by atoms with Crippen LogP contribution in [-0.2, 0) is 6.54 Å². The van der Waals surface area contributed by atoms with Gasteiger partial charge in [0.05, 0.1) is 6.61 Å². The monoisotopic (exact) mass is 253 g/mol. The molecule has 1 atom stereocenters. The average molecular weight is 253 g/mol. The maximum atomic E-state index is 5.69. The molecule has 1 aromatic carbocycles. The lowest BCUT2D eigenvalue weighted by molar-refractivity contribution is 0.343. The molecule has 0 radical (unpaired) electrons. The zero-order valence-corrected chi connectivity index (χ0v) is 11.6. The summed E-state index contributed by atoms with van der Waals surface area (Å²) in [5, 5.41) is 0. The van der Waals surface area contributed by atoms with E-state index in [0.29, 0.717) is 6.54 Å². The molecule has 0 saturated heterocycles. The summed E-state index contributed by atoms with van der Waals surface area (Å²) < 4.78 is 5.69. The van der Waals surface area contributed by atoms with Gasteiger partial charge >= 0.3 is 0 Å². The molecule has 0 fully saturated rings. The van der Waals surface area contributed by atoms with Crippen molar-refractivity contribution in [3.63, 3.8) is 0 Å². The molecule has 17 heavy (non-hydrogen) atoms. The quantitative estimate of drug-likeness (QED) is 0.722. The maximum absolute atomic E-state index is 5.69. The van der Waals surface area contributed by atoms with Crippen molar-refractivity contribution in [1.29, 1.82) is 0 Å². The van der Waals surface area contributed by atoms with Crippen molar-refractivity contribution in [2.24, 2.45) is 11.7 Å². The minimum absolute atomic E-state index is 0.569. The Kier molecular flexibility index (Phi) is 7.13. The molecule has 0 saturated carbocycles. The van der Waals surface area contributed by atoms with Crippen LogP contribution in [0, 0.1) is 5.92 Å². The van der Waals surface area contributed by atoms with Crippen molar-refractivity contribution in [3.05, 3.63) is 29.8 Å². The van der Waals surface area contributed by atoms with Gasteiger partial charge in [0.2, 0.25) is 0 Å². The molecule has 0 amide bonds. The Morgan fingerprint density at radius 2 is 2.24 bits per heavy atom. The molecule has 1 aromatic rings. The standard InChI is InChI=1S/C14H23NOS/c1-3-12(2)11-17-8-7-16-14-6-4-5-13(9-14)10-15/h4-6,9,12H,3,7-8,10-11,15H2,1-2H3. The first-order chi connectivity index (χ1) is 8.26. The van der Waals surface area contributed by atoms with E-state index in [2.05, 4.69) is 13.8 Å². The molecule has 96 valence electrons. The molecular weight excluding hydrogens is 230 g/mol. The second-order valence-corrected chi connectivity index (χ2v) is 5.44. The molecule has 1 rings (SSSR count). The van der Waals surface area contributed by atoms with Crippen LogP contribution < -0.4 is 10.5 Å². The van der Waals surface area contributed by atoms with E-state index in [-0.39, 0.29) is 0 Å². The van der Waals surface area contributed by atoms with Gasteiger partial charge in [-0.1, -0.05) is 32.4 Å². The van der Waals surface area contributed by atoms with E-state index in [9.17, 15) is 0 Å². The fraction of sp³-hybridized carbons (Fsp3) is 0.571. The van der Waals surface area contributed by atoms with Crippen LogP contribution in [-0.4, -0.2) is 18.1 Å². The minimum Gasteiger partial charge on any atom is -0.493 e. The van der Waals surface area contributed by atoms with Gasteiger partial charge in [-0.2, -0.15) is 11.8 Å². The van der Waals surface area contributed by atoms with E-state index in [1.54, 1.807) is 0 Å². The fourth-order valence-electron chi connectivity index (χ4n) is 1.38. The molecule has 0 aliphatic heterocycles. The molecular formula is C14H23NOS. The van der Waals surface area contributed by atoms with Crippen molar-refractivity contribution in [3.8, 4) is 5.75 Å². The average Bonchev–Trinajstić information content (AvgIpc) is 2.38. The fourth-order valence-corrected chi connectivity index (χ4v) is 2.39. The third-order valence-electron chi connectivity index (χ3n) is 2.73. The number of ether oxygens (including phenoxy) is 1. The molecule has 0 spiro atoms. The van der Waals surface area contributed by atoms with Gasteiger partial charge in [0, 0.05) is 12.3 Å². The van der Waals surface area contributed by atoms with Crippen molar-refractivity contribution < 1.29 is 4.74 Å². The molecule has 1 unspecified atom stereocenters. The predicted octanol–water partition coefficient (Wildman–Crippen LogP) is 3.30. The molecule has 2 N–H and O–H groups in total. The summed E-state index contributed by atoms with van der Waals surface area (Å²) in [5.41, 5.74) is 6.70. The first-order valence-corrected chi connectivity index (χ1v) is 7.41. The van der Waals surface area contributed by atoms with Gasteiger partial charge in [0.1, 0.15) is 5.75 Å². The Balaban J connectivity index is 2.17. The number of hydrogen-bond acceptors (Lipinski definition) is 3. The molecule has 2 nitrogen and oxygen atoms in total. The highest BCUT2D eigenvalue weighted by atomic mass is 32.2. The summed E-state index contributed by atoms with van der Waals surface area (Å²) in [6, 6.07) is 8.01. The molecule has 0 bridgehead atoms.